The van der Waals surface area contributed by atoms with Crippen molar-refractivity contribution in [3.63, 3.8) is 0 Å². The third kappa shape index (κ3) is 2.90. The molecule has 0 radical (unpaired) electrons. The number of halogens is 1. The molecule has 0 bridgehead atoms. The van der Waals surface area contributed by atoms with Gasteiger partial charge in [-0.05, 0) is 37.5 Å². The van der Waals surface area contributed by atoms with E-state index in [1.165, 1.54) is 31.2 Å². The van der Waals surface area contributed by atoms with Crippen LogP contribution in [0.15, 0.2) is 41.1 Å². The second kappa shape index (κ2) is 6.00. The van der Waals surface area contributed by atoms with Crippen molar-refractivity contribution in [3.05, 3.63) is 46.7 Å². The highest BCUT2D eigenvalue weighted by atomic mass is 79.9. The zero-order chi connectivity index (χ0) is 13.9. The van der Waals surface area contributed by atoms with Crippen LogP contribution in [0.3, 0.4) is 0 Å². The molecule has 1 aromatic heterocycles. The van der Waals surface area contributed by atoms with Gasteiger partial charge in [0.2, 0.25) is 5.95 Å². The molecule has 106 valence electrons. The van der Waals surface area contributed by atoms with Crippen LogP contribution in [0.1, 0.15) is 50.3 Å². The fourth-order valence-electron chi connectivity index (χ4n) is 2.93. The molecular formula is C16H20BrN3. The van der Waals surface area contributed by atoms with E-state index in [9.17, 15) is 0 Å². The molecular weight excluding hydrogens is 314 g/mol. The lowest BCUT2D eigenvalue weighted by atomic mass is 10.1. The number of hydrogen-bond donors (Lipinski definition) is 1. The highest BCUT2D eigenvalue weighted by molar-refractivity contribution is 9.10. The standard InChI is InChI=1S/C16H20BrN3/c1-12(13-6-8-14(17)9-7-13)19-16-18-10-11-20(16)15-4-2-3-5-15/h6-12,15H,2-5H2,1H3,(H,18,19). The first-order valence-electron chi connectivity index (χ1n) is 7.29. The lowest BCUT2D eigenvalue weighted by molar-refractivity contribution is 0.521. The maximum atomic E-state index is 4.49. The zero-order valence-corrected chi connectivity index (χ0v) is 13.3. The number of benzene rings is 1. The average Bonchev–Trinajstić information content (AvgIpc) is 3.09. The largest absolute Gasteiger partial charge is 0.349 e. The molecule has 1 aliphatic rings. The molecule has 1 atom stereocenters. The first-order valence-corrected chi connectivity index (χ1v) is 8.08. The summed E-state index contributed by atoms with van der Waals surface area (Å²) < 4.78 is 3.42. The number of aromatic nitrogens is 2. The van der Waals surface area contributed by atoms with Crippen LogP contribution in [-0.4, -0.2) is 9.55 Å². The Bertz CT molecular complexity index is 555. The van der Waals surface area contributed by atoms with Gasteiger partial charge in [-0.15, -0.1) is 0 Å². The molecule has 4 heteroatoms. The second-order valence-electron chi connectivity index (χ2n) is 5.51. The van der Waals surface area contributed by atoms with E-state index in [2.05, 4.69) is 68.2 Å². The number of nitrogens with one attached hydrogen (secondary N) is 1. The molecule has 0 spiro atoms. The van der Waals surface area contributed by atoms with Gasteiger partial charge in [0.05, 0.1) is 6.04 Å². The van der Waals surface area contributed by atoms with Crippen LogP contribution in [0.4, 0.5) is 5.95 Å². The average molecular weight is 334 g/mol. The number of rotatable bonds is 4. The van der Waals surface area contributed by atoms with Crippen molar-refractivity contribution in [3.8, 4) is 0 Å². The molecule has 0 saturated heterocycles. The smallest absolute Gasteiger partial charge is 0.203 e. The predicted molar refractivity (Wildman–Crippen MR) is 85.9 cm³/mol. The van der Waals surface area contributed by atoms with E-state index in [-0.39, 0.29) is 6.04 Å². The van der Waals surface area contributed by atoms with Gasteiger partial charge in [-0.1, -0.05) is 40.9 Å². The molecule has 1 N–H and O–H groups in total. The third-order valence-electron chi connectivity index (χ3n) is 4.10. The van der Waals surface area contributed by atoms with Gasteiger partial charge in [-0.25, -0.2) is 4.98 Å². The summed E-state index contributed by atoms with van der Waals surface area (Å²) >= 11 is 3.47. The molecule has 1 fully saturated rings. The third-order valence-corrected chi connectivity index (χ3v) is 4.63. The van der Waals surface area contributed by atoms with Crippen molar-refractivity contribution >= 4 is 21.9 Å². The fraction of sp³-hybridized carbons (Fsp3) is 0.438. The molecule has 1 aliphatic carbocycles. The Kier molecular flexibility index (Phi) is 4.10. The summed E-state index contributed by atoms with van der Waals surface area (Å²) in [6.45, 7) is 2.18. The van der Waals surface area contributed by atoms with Gasteiger partial charge >= 0.3 is 0 Å². The minimum atomic E-state index is 0.255. The van der Waals surface area contributed by atoms with Crippen molar-refractivity contribution in [2.45, 2.75) is 44.7 Å². The van der Waals surface area contributed by atoms with Crippen LogP contribution >= 0.6 is 15.9 Å². The van der Waals surface area contributed by atoms with Gasteiger partial charge in [0.15, 0.2) is 0 Å². The van der Waals surface area contributed by atoms with E-state index in [0.717, 1.165) is 10.4 Å². The Labute approximate surface area is 128 Å². The monoisotopic (exact) mass is 333 g/mol. The Morgan fingerprint density at radius 2 is 1.95 bits per heavy atom. The summed E-state index contributed by atoms with van der Waals surface area (Å²) in [4.78, 5) is 4.49. The highest BCUT2D eigenvalue weighted by Gasteiger charge is 2.20. The first kappa shape index (κ1) is 13.7. The topological polar surface area (TPSA) is 29.9 Å². The highest BCUT2D eigenvalue weighted by Crippen LogP contribution is 2.32. The van der Waals surface area contributed by atoms with Gasteiger partial charge in [-0.3, -0.25) is 0 Å². The molecule has 2 aromatic rings. The van der Waals surface area contributed by atoms with Crippen LogP contribution in [0.5, 0.6) is 0 Å². The van der Waals surface area contributed by atoms with Crippen LogP contribution in [0.25, 0.3) is 0 Å². The Balaban J connectivity index is 1.74. The van der Waals surface area contributed by atoms with E-state index in [1.54, 1.807) is 0 Å². The molecule has 0 aliphatic heterocycles. The summed E-state index contributed by atoms with van der Waals surface area (Å²) in [6.07, 6.45) is 9.23. The van der Waals surface area contributed by atoms with Crippen molar-refractivity contribution < 1.29 is 0 Å². The van der Waals surface area contributed by atoms with Gasteiger partial charge in [-0.2, -0.15) is 0 Å². The zero-order valence-electron chi connectivity index (χ0n) is 11.7. The Hall–Kier alpha value is -1.29. The van der Waals surface area contributed by atoms with Gasteiger partial charge in [0.25, 0.3) is 0 Å². The quantitative estimate of drug-likeness (QED) is 0.859. The SMILES string of the molecule is CC(Nc1nccn1C1CCCC1)c1ccc(Br)cc1. The first-order chi connectivity index (χ1) is 9.74. The fourth-order valence-corrected chi connectivity index (χ4v) is 3.19. The summed E-state index contributed by atoms with van der Waals surface area (Å²) in [6, 6.07) is 9.33. The minimum Gasteiger partial charge on any atom is -0.349 e. The van der Waals surface area contributed by atoms with Crippen LogP contribution in [0, 0.1) is 0 Å². The van der Waals surface area contributed by atoms with E-state index in [0.29, 0.717) is 6.04 Å². The van der Waals surface area contributed by atoms with Crippen molar-refractivity contribution in [2.75, 3.05) is 5.32 Å². The lowest BCUT2D eigenvalue weighted by Gasteiger charge is -2.19. The molecule has 1 aromatic carbocycles. The van der Waals surface area contributed by atoms with E-state index < -0.39 is 0 Å². The van der Waals surface area contributed by atoms with Gasteiger partial charge < -0.3 is 9.88 Å². The molecule has 3 rings (SSSR count). The number of nitrogens with zero attached hydrogens (tertiary/aromatic N) is 2. The molecule has 20 heavy (non-hydrogen) atoms. The molecule has 1 saturated carbocycles. The maximum absolute atomic E-state index is 4.49. The Morgan fingerprint density at radius 1 is 1.25 bits per heavy atom. The van der Waals surface area contributed by atoms with E-state index in [1.807, 2.05) is 6.20 Å². The lowest BCUT2D eigenvalue weighted by Crippen LogP contribution is -2.14. The number of hydrogen-bond acceptors (Lipinski definition) is 2. The molecule has 1 heterocycles. The maximum Gasteiger partial charge on any atom is 0.203 e. The summed E-state index contributed by atoms with van der Waals surface area (Å²) in [5.41, 5.74) is 1.27. The summed E-state index contributed by atoms with van der Waals surface area (Å²) in [7, 11) is 0. The van der Waals surface area contributed by atoms with Gasteiger partial charge in [0.1, 0.15) is 0 Å². The van der Waals surface area contributed by atoms with Crippen molar-refractivity contribution in [2.24, 2.45) is 0 Å². The molecule has 0 amide bonds. The molecule has 3 nitrogen and oxygen atoms in total. The van der Waals surface area contributed by atoms with Crippen LogP contribution < -0.4 is 5.32 Å². The van der Waals surface area contributed by atoms with E-state index in [4.69, 9.17) is 0 Å². The van der Waals surface area contributed by atoms with E-state index >= 15 is 0 Å². The normalized spacial score (nSPS) is 17.3. The number of imidazole rings is 1. The minimum absolute atomic E-state index is 0.255. The van der Waals surface area contributed by atoms with Crippen molar-refractivity contribution in [1.82, 2.24) is 9.55 Å². The van der Waals surface area contributed by atoms with Gasteiger partial charge in [0, 0.05) is 22.9 Å². The van der Waals surface area contributed by atoms with Crippen molar-refractivity contribution in [1.29, 1.82) is 0 Å². The number of anilines is 1. The predicted octanol–water partition coefficient (Wildman–Crippen LogP) is 4.93. The van der Waals surface area contributed by atoms with Crippen LogP contribution in [0.2, 0.25) is 0 Å². The summed E-state index contributed by atoms with van der Waals surface area (Å²) in [5, 5.41) is 3.54. The summed E-state index contributed by atoms with van der Waals surface area (Å²) in [5.74, 6) is 0.993. The van der Waals surface area contributed by atoms with Crippen LogP contribution in [-0.2, 0) is 0 Å². The molecule has 1 unspecified atom stereocenters. The second-order valence-corrected chi connectivity index (χ2v) is 6.43. The Morgan fingerprint density at radius 3 is 2.65 bits per heavy atom.